The molecular formula is C22H28ClN7O. The van der Waals surface area contributed by atoms with Crippen molar-refractivity contribution in [2.24, 2.45) is 5.41 Å². The summed E-state index contributed by atoms with van der Waals surface area (Å²) >= 11 is 6.29. The Morgan fingerprint density at radius 3 is 2.45 bits per heavy atom. The summed E-state index contributed by atoms with van der Waals surface area (Å²) in [5, 5.41) is 11.0. The second kappa shape index (κ2) is 9.50. The molecule has 1 saturated heterocycles. The summed E-state index contributed by atoms with van der Waals surface area (Å²) in [6.45, 7) is 10.5. The fraction of sp³-hybridized carbons (Fsp3) is 0.455. The number of carbonyl (C=O) groups is 1. The number of hydrogen-bond donors (Lipinski definition) is 1. The number of rotatable bonds is 5. The quantitative estimate of drug-likeness (QED) is 0.713. The molecule has 164 valence electrons. The van der Waals surface area contributed by atoms with Gasteiger partial charge >= 0.3 is 0 Å². The third kappa shape index (κ3) is 6.06. The molecule has 1 amide bonds. The van der Waals surface area contributed by atoms with Crippen molar-refractivity contribution in [1.29, 1.82) is 5.26 Å². The fourth-order valence-corrected chi connectivity index (χ4v) is 3.51. The molecule has 0 atom stereocenters. The van der Waals surface area contributed by atoms with E-state index in [4.69, 9.17) is 16.9 Å². The van der Waals surface area contributed by atoms with Gasteiger partial charge in [-0.2, -0.15) is 10.2 Å². The molecule has 0 saturated carbocycles. The van der Waals surface area contributed by atoms with Gasteiger partial charge in [-0.1, -0.05) is 32.4 Å². The Kier molecular flexibility index (Phi) is 6.98. The molecule has 1 fully saturated rings. The van der Waals surface area contributed by atoms with E-state index in [1.165, 1.54) is 6.20 Å². The number of likely N-dealkylation sites (N-methyl/N-ethyl adjacent to an activating group) is 1. The number of hydrazine groups is 1. The molecule has 2 aromatic rings. The Morgan fingerprint density at radius 1 is 1.23 bits per heavy atom. The van der Waals surface area contributed by atoms with Gasteiger partial charge < -0.3 is 9.80 Å². The zero-order valence-corrected chi connectivity index (χ0v) is 19.1. The van der Waals surface area contributed by atoms with Crippen molar-refractivity contribution in [3.05, 3.63) is 46.9 Å². The highest BCUT2D eigenvalue weighted by molar-refractivity contribution is 6.32. The Morgan fingerprint density at radius 2 is 1.87 bits per heavy atom. The number of nitriles is 1. The maximum Gasteiger partial charge on any atom is 0.269 e. The highest BCUT2D eigenvalue weighted by atomic mass is 35.5. The van der Waals surface area contributed by atoms with Crippen LogP contribution in [0.2, 0.25) is 5.02 Å². The van der Waals surface area contributed by atoms with Crippen LogP contribution in [0.4, 0.5) is 11.5 Å². The highest BCUT2D eigenvalue weighted by Crippen LogP contribution is 2.25. The first kappa shape index (κ1) is 22.8. The van der Waals surface area contributed by atoms with E-state index in [9.17, 15) is 4.79 Å². The molecule has 1 aliphatic heterocycles. The molecule has 31 heavy (non-hydrogen) atoms. The van der Waals surface area contributed by atoms with Crippen molar-refractivity contribution in [3.8, 4) is 6.07 Å². The van der Waals surface area contributed by atoms with Crippen LogP contribution in [-0.4, -0.2) is 60.5 Å². The number of amides is 1. The van der Waals surface area contributed by atoms with Crippen molar-refractivity contribution in [1.82, 2.24) is 20.3 Å². The van der Waals surface area contributed by atoms with Crippen molar-refractivity contribution in [3.63, 3.8) is 0 Å². The maximum atomic E-state index is 13.0. The summed E-state index contributed by atoms with van der Waals surface area (Å²) in [6, 6.07) is 9.49. The normalized spacial score (nSPS) is 14.8. The van der Waals surface area contributed by atoms with Gasteiger partial charge in [-0.3, -0.25) is 15.2 Å². The van der Waals surface area contributed by atoms with Crippen LogP contribution in [0.15, 0.2) is 30.5 Å². The van der Waals surface area contributed by atoms with Gasteiger partial charge in [-0.15, -0.1) is 0 Å². The van der Waals surface area contributed by atoms with Crippen LogP contribution in [0.3, 0.4) is 0 Å². The van der Waals surface area contributed by atoms with E-state index in [0.29, 0.717) is 17.9 Å². The molecular weight excluding hydrogens is 414 g/mol. The number of benzene rings is 1. The first-order valence-electron chi connectivity index (χ1n) is 10.2. The lowest BCUT2D eigenvalue weighted by molar-refractivity contribution is 0.0945. The van der Waals surface area contributed by atoms with Gasteiger partial charge in [0, 0.05) is 44.0 Å². The Labute approximate surface area is 188 Å². The molecule has 0 spiro atoms. The molecule has 0 unspecified atom stereocenters. The minimum absolute atomic E-state index is 0.0101. The van der Waals surface area contributed by atoms with E-state index in [0.717, 1.165) is 31.9 Å². The zero-order chi connectivity index (χ0) is 22.6. The lowest BCUT2D eigenvalue weighted by Crippen LogP contribution is -2.47. The van der Waals surface area contributed by atoms with Gasteiger partial charge in [-0.05, 0) is 36.7 Å². The number of aromatic nitrogens is 2. The van der Waals surface area contributed by atoms with Crippen molar-refractivity contribution < 1.29 is 4.79 Å². The number of nitrogens with one attached hydrogen (secondary N) is 1. The predicted octanol–water partition coefficient (Wildman–Crippen LogP) is 2.95. The molecule has 0 radical (unpaired) electrons. The second-order valence-electron chi connectivity index (χ2n) is 8.90. The first-order chi connectivity index (χ1) is 14.7. The van der Waals surface area contributed by atoms with Crippen LogP contribution < -0.4 is 15.3 Å². The topological polar surface area (TPSA) is 88.4 Å². The number of anilines is 2. The summed E-state index contributed by atoms with van der Waals surface area (Å²) in [5.74, 6) is 0.0111. The van der Waals surface area contributed by atoms with Gasteiger partial charge in [0.15, 0.2) is 5.82 Å². The summed E-state index contributed by atoms with van der Waals surface area (Å²) < 4.78 is 0. The molecule has 0 bridgehead atoms. The van der Waals surface area contributed by atoms with Crippen LogP contribution >= 0.6 is 11.6 Å². The highest BCUT2D eigenvalue weighted by Gasteiger charge is 2.23. The monoisotopic (exact) mass is 441 g/mol. The summed E-state index contributed by atoms with van der Waals surface area (Å²) in [6.07, 6.45) is 1.37. The number of piperazine rings is 1. The van der Waals surface area contributed by atoms with Crippen molar-refractivity contribution in [2.75, 3.05) is 49.7 Å². The van der Waals surface area contributed by atoms with Gasteiger partial charge in [0.05, 0.1) is 6.20 Å². The predicted molar refractivity (Wildman–Crippen MR) is 122 cm³/mol. The molecule has 1 aromatic heterocycles. The number of halogens is 1. The lowest BCUT2D eigenvalue weighted by Gasteiger charge is -2.34. The van der Waals surface area contributed by atoms with Crippen LogP contribution in [0.25, 0.3) is 0 Å². The van der Waals surface area contributed by atoms with E-state index >= 15 is 0 Å². The number of nitrogens with zero attached hydrogens (tertiary/aromatic N) is 6. The van der Waals surface area contributed by atoms with Crippen LogP contribution in [0, 0.1) is 16.7 Å². The SMILES string of the molecule is CN1CCN(c2ccc(C(=O)NN(CC(C)(C)C)c3nc(C#N)ncc3Cl)cc2)CC1. The van der Waals surface area contributed by atoms with E-state index in [1.54, 1.807) is 5.01 Å². The van der Waals surface area contributed by atoms with Crippen molar-refractivity contribution >= 4 is 29.0 Å². The van der Waals surface area contributed by atoms with Gasteiger partial charge in [-0.25, -0.2) is 4.98 Å². The Balaban J connectivity index is 1.78. The molecule has 1 N–H and O–H groups in total. The Hall–Kier alpha value is -2.89. The van der Waals surface area contributed by atoms with E-state index in [1.807, 2.05) is 51.1 Å². The van der Waals surface area contributed by atoms with E-state index in [-0.39, 0.29) is 22.2 Å². The third-order valence-corrected chi connectivity index (χ3v) is 5.21. The molecule has 2 heterocycles. The van der Waals surface area contributed by atoms with Gasteiger partial charge in [0.1, 0.15) is 11.1 Å². The molecule has 1 aliphatic rings. The van der Waals surface area contributed by atoms with Gasteiger partial charge in [0.25, 0.3) is 5.91 Å². The summed E-state index contributed by atoms with van der Waals surface area (Å²) in [5.41, 5.74) is 4.36. The van der Waals surface area contributed by atoms with E-state index in [2.05, 4.69) is 32.2 Å². The molecule has 0 aliphatic carbocycles. The van der Waals surface area contributed by atoms with Crippen LogP contribution in [0.1, 0.15) is 37.0 Å². The van der Waals surface area contributed by atoms with Gasteiger partial charge in [0.2, 0.25) is 5.82 Å². The largest absolute Gasteiger partial charge is 0.369 e. The minimum Gasteiger partial charge on any atom is -0.369 e. The summed E-state index contributed by atoms with van der Waals surface area (Å²) in [7, 11) is 2.12. The smallest absolute Gasteiger partial charge is 0.269 e. The number of hydrogen-bond acceptors (Lipinski definition) is 7. The Bertz CT molecular complexity index is 957. The van der Waals surface area contributed by atoms with Crippen LogP contribution in [-0.2, 0) is 0 Å². The average molecular weight is 442 g/mol. The fourth-order valence-electron chi connectivity index (χ4n) is 3.32. The van der Waals surface area contributed by atoms with Crippen molar-refractivity contribution in [2.45, 2.75) is 20.8 Å². The lowest BCUT2D eigenvalue weighted by atomic mass is 9.97. The van der Waals surface area contributed by atoms with E-state index < -0.39 is 0 Å². The molecule has 8 nitrogen and oxygen atoms in total. The minimum atomic E-state index is -0.276. The van der Waals surface area contributed by atoms with Crippen LogP contribution in [0.5, 0.6) is 0 Å². The summed E-state index contributed by atoms with van der Waals surface area (Å²) in [4.78, 5) is 25.7. The second-order valence-corrected chi connectivity index (χ2v) is 9.31. The molecule has 3 rings (SSSR count). The molecule has 9 heteroatoms. The molecule has 1 aromatic carbocycles. The third-order valence-electron chi connectivity index (χ3n) is 4.95. The first-order valence-corrected chi connectivity index (χ1v) is 10.6. The standard InChI is InChI=1S/C22H28ClN7O/c1-22(2,3)15-30(20-18(23)14-25-19(13-24)26-20)27-21(31)16-5-7-17(8-6-16)29-11-9-28(4)10-12-29/h5-8,14H,9-12,15H2,1-4H3,(H,27,31). The maximum absolute atomic E-state index is 13.0. The zero-order valence-electron chi connectivity index (χ0n) is 18.4. The average Bonchev–Trinajstić information content (AvgIpc) is 2.73. The number of carbonyl (C=O) groups excluding carboxylic acids is 1.